The Kier molecular flexibility index (Phi) is 6.63. The molecule has 0 atom stereocenters. The summed E-state index contributed by atoms with van der Waals surface area (Å²) in [5.41, 5.74) is 4.63. The normalized spacial score (nSPS) is 11.8. The van der Waals surface area contributed by atoms with Crippen molar-refractivity contribution < 1.29 is 8.96 Å². The topological polar surface area (TPSA) is 30.0 Å². The highest BCUT2D eigenvalue weighted by Crippen LogP contribution is 2.44. The largest absolute Gasteiger partial charge is 0.309 e. The predicted octanol–water partition coefficient (Wildman–Crippen LogP) is 9.65. The van der Waals surface area contributed by atoms with Gasteiger partial charge < -0.3 is 4.57 Å². The minimum Gasteiger partial charge on any atom is -0.309 e. The maximum Gasteiger partial charge on any atom is 0.171 e. The third-order valence-corrected chi connectivity index (χ3v) is 11.7. The van der Waals surface area contributed by atoms with E-state index in [9.17, 15) is 8.96 Å². The number of aromatic nitrogens is 1. The zero-order chi connectivity index (χ0) is 30.4. The molecule has 45 heavy (non-hydrogen) atoms. The van der Waals surface area contributed by atoms with Gasteiger partial charge in [0, 0.05) is 37.6 Å². The molecule has 7 aromatic carbocycles. The lowest BCUT2D eigenvalue weighted by Gasteiger charge is -2.20. The van der Waals surface area contributed by atoms with Crippen LogP contribution in [0.25, 0.3) is 54.8 Å². The van der Waals surface area contributed by atoms with E-state index in [0.717, 1.165) is 70.7 Å². The number of nitrogens with zero attached hydrogens (tertiary/aromatic N) is 1. The van der Waals surface area contributed by atoms with Crippen LogP contribution in [-0.4, -0.2) is 4.98 Å². The highest BCUT2D eigenvalue weighted by atomic mass is 31.2. The van der Waals surface area contributed by atoms with E-state index in [-0.39, 0.29) is 5.82 Å². The highest BCUT2D eigenvalue weighted by molar-refractivity contribution is 7.85. The summed E-state index contributed by atoms with van der Waals surface area (Å²) in [7, 11) is -3.10. The van der Waals surface area contributed by atoms with E-state index in [1.807, 2.05) is 91.0 Å². The molecule has 0 saturated carbocycles. The number of benzene rings is 7. The van der Waals surface area contributed by atoms with Crippen LogP contribution in [0.15, 0.2) is 164 Å². The van der Waals surface area contributed by atoms with E-state index in [1.54, 1.807) is 12.1 Å². The molecule has 0 bridgehead atoms. The van der Waals surface area contributed by atoms with Crippen molar-refractivity contribution in [3.63, 3.8) is 0 Å². The SMILES string of the molecule is O=P(c1ccccc1)(c1ccccc1)c1ccc(-c2cc3c(-c4ccc(F)cc4)nc4ccccc4c3c3ccccc23)cc1. The monoisotopic (exact) mass is 599 g/mol. The molecular weight excluding hydrogens is 572 g/mol. The number of rotatable bonds is 5. The molecule has 8 rings (SSSR count). The summed E-state index contributed by atoms with van der Waals surface area (Å²) >= 11 is 0. The van der Waals surface area contributed by atoms with E-state index in [2.05, 4.69) is 48.5 Å². The van der Waals surface area contributed by atoms with Crippen LogP contribution in [-0.2, 0) is 4.57 Å². The smallest absolute Gasteiger partial charge is 0.171 e. The summed E-state index contributed by atoms with van der Waals surface area (Å²) in [4.78, 5) is 5.10. The van der Waals surface area contributed by atoms with E-state index >= 15 is 0 Å². The van der Waals surface area contributed by atoms with Crippen molar-refractivity contribution in [1.82, 2.24) is 4.98 Å². The molecule has 0 aliphatic heterocycles. The minimum absolute atomic E-state index is 0.279. The Morgan fingerprint density at radius 3 is 1.62 bits per heavy atom. The first-order chi connectivity index (χ1) is 22.1. The summed E-state index contributed by atoms with van der Waals surface area (Å²) in [5, 5.41) is 7.83. The third-order valence-electron chi connectivity index (χ3n) is 8.60. The second-order valence-electron chi connectivity index (χ2n) is 11.2. The Bertz CT molecular complexity index is 2340. The zero-order valence-electron chi connectivity index (χ0n) is 24.3. The van der Waals surface area contributed by atoms with Gasteiger partial charge in [0.15, 0.2) is 7.14 Å². The van der Waals surface area contributed by atoms with Crippen molar-refractivity contribution >= 4 is 55.5 Å². The summed E-state index contributed by atoms with van der Waals surface area (Å²) in [6, 6.07) is 53.0. The molecule has 0 aliphatic rings. The molecule has 8 aromatic rings. The number of para-hydroxylation sites is 1. The van der Waals surface area contributed by atoms with Gasteiger partial charge in [0.1, 0.15) is 5.82 Å². The van der Waals surface area contributed by atoms with Gasteiger partial charge in [-0.05, 0) is 58.3 Å². The summed E-state index contributed by atoms with van der Waals surface area (Å²) in [6.45, 7) is 0. The lowest BCUT2D eigenvalue weighted by Crippen LogP contribution is -2.24. The fraction of sp³-hybridized carbons (Fsp3) is 0. The summed E-state index contributed by atoms with van der Waals surface area (Å²) in [5.74, 6) is -0.279. The highest BCUT2D eigenvalue weighted by Gasteiger charge is 2.29. The molecule has 0 amide bonds. The Morgan fingerprint density at radius 1 is 0.467 bits per heavy atom. The summed E-state index contributed by atoms with van der Waals surface area (Å²) in [6.07, 6.45) is 0. The van der Waals surface area contributed by atoms with Crippen LogP contribution < -0.4 is 15.9 Å². The molecule has 1 heterocycles. The Morgan fingerprint density at radius 2 is 0.978 bits per heavy atom. The molecule has 4 heteroatoms. The molecule has 0 N–H and O–H groups in total. The molecule has 2 nitrogen and oxygen atoms in total. The number of pyridine rings is 1. The van der Waals surface area contributed by atoms with Crippen molar-refractivity contribution in [2.45, 2.75) is 0 Å². The van der Waals surface area contributed by atoms with Gasteiger partial charge >= 0.3 is 0 Å². The van der Waals surface area contributed by atoms with Crippen molar-refractivity contribution in [3.05, 3.63) is 170 Å². The van der Waals surface area contributed by atoms with Gasteiger partial charge in [0.25, 0.3) is 0 Å². The number of hydrogen-bond donors (Lipinski definition) is 0. The van der Waals surface area contributed by atoms with Gasteiger partial charge in [0.05, 0.1) is 11.2 Å². The van der Waals surface area contributed by atoms with Gasteiger partial charge in [0.2, 0.25) is 0 Å². The molecular formula is C41H27FNOP. The Labute approximate surface area is 260 Å². The van der Waals surface area contributed by atoms with Crippen LogP contribution >= 0.6 is 7.14 Å². The maximum atomic E-state index is 15.0. The molecule has 0 radical (unpaired) electrons. The molecule has 0 spiro atoms. The van der Waals surface area contributed by atoms with E-state index in [0.29, 0.717) is 0 Å². The fourth-order valence-corrected chi connectivity index (χ4v) is 9.10. The lowest BCUT2D eigenvalue weighted by atomic mass is 9.90. The van der Waals surface area contributed by atoms with Gasteiger partial charge in [-0.15, -0.1) is 0 Å². The first-order valence-electron chi connectivity index (χ1n) is 14.9. The first-order valence-corrected chi connectivity index (χ1v) is 16.6. The second-order valence-corrected chi connectivity index (χ2v) is 14.0. The van der Waals surface area contributed by atoms with Gasteiger partial charge in [-0.25, -0.2) is 9.37 Å². The van der Waals surface area contributed by atoms with Crippen LogP contribution in [0.4, 0.5) is 4.39 Å². The van der Waals surface area contributed by atoms with Crippen molar-refractivity contribution in [2.24, 2.45) is 0 Å². The van der Waals surface area contributed by atoms with E-state index < -0.39 is 7.14 Å². The third kappa shape index (κ3) is 4.56. The molecule has 1 aromatic heterocycles. The Hall–Kier alpha value is -5.37. The molecule has 0 unspecified atom stereocenters. The quantitative estimate of drug-likeness (QED) is 0.146. The first kappa shape index (κ1) is 27.2. The average Bonchev–Trinajstić information content (AvgIpc) is 3.11. The maximum absolute atomic E-state index is 15.0. The zero-order valence-corrected chi connectivity index (χ0v) is 25.2. The van der Waals surface area contributed by atoms with Crippen LogP contribution in [0, 0.1) is 5.82 Å². The van der Waals surface area contributed by atoms with E-state index in [1.165, 1.54) is 12.1 Å². The lowest BCUT2D eigenvalue weighted by molar-refractivity contribution is 0.592. The van der Waals surface area contributed by atoms with Crippen LogP contribution in [0.5, 0.6) is 0 Å². The van der Waals surface area contributed by atoms with E-state index in [4.69, 9.17) is 4.98 Å². The minimum atomic E-state index is -3.10. The predicted molar refractivity (Wildman–Crippen MR) is 187 cm³/mol. The number of fused-ring (bicyclic) bond motifs is 5. The standard InChI is InChI=1S/C41H27FNOP/c42-30-23-19-29(20-24-30)41-38-27-37(34-15-7-8-16-35(34)40(38)36-17-9-10-18-39(36)43-41)28-21-25-33(26-22-28)45(44,31-11-3-1-4-12-31)32-13-5-2-6-14-32/h1-27H. The van der Waals surface area contributed by atoms with Crippen LogP contribution in [0.1, 0.15) is 0 Å². The van der Waals surface area contributed by atoms with Crippen molar-refractivity contribution in [1.29, 1.82) is 0 Å². The number of halogens is 1. The van der Waals surface area contributed by atoms with Crippen LogP contribution in [0.2, 0.25) is 0 Å². The van der Waals surface area contributed by atoms with Gasteiger partial charge in [-0.3, -0.25) is 0 Å². The Balaban J connectivity index is 1.37. The van der Waals surface area contributed by atoms with Gasteiger partial charge in [-0.1, -0.05) is 127 Å². The van der Waals surface area contributed by atoms with Crippen molar-refractivity contribution in [3.8, 4) is 22.4 Å². The molecule has 0 saturated heterocycles. The second kappa shape index (κ2) is 11.0. The van der Waals surface area contributed by atoms with Crippen molar-refractivity contribution in [2.75, 3.05) is 0 Å². The average molecular weight is 600 g/mol. The van der Waals surface area contributed by atoms with Gasteiger partial charge in [-0.2, -0.15) is 0 Å². The molecule has 0 aliphatic carbocycles. The fourth-order valence-electron chi connectivity index (χ4n) is 6.46. The number of hydrogen-bond acceptors (Lipinski definition) is 2. The molecule has 214 valence electrons. The van der Waals surface area contributed by atoms with Crippen LogP contribution in [0.3, 0.4) is 0 Å². The summed E-state index contributed by atoms with van der Waals surface area (Å²) < 4.78 is 28.9. The molecule has 0 fully saturated rings.